The molecular formula is C13H17N3O3S2. The molecule has 0 saturated heterocycles. The van der Waals surface area contributed by atoms with Crippen molar-refractivity contribution in [2.75, 3.05) is 11.8 Å². The number of methoxy groups -OCH3 is 1. The minimum Gasteiger partial charge on any atom is -0.495 e. The van der Waals surface area contributed by atoms with Crippen molar-refractivity contribution in [1.82, 2.24) is 10.2 Å². The van der Waals surface area contributed by atoms with Crippen LogP contribution in [0, 0.1) is 0 Å². The number of rotatable bonds is 1. The van der Waals surface area contributed by atoms with Crippen LogP contribution in [-0.4, -0.2) is 25.7 Å². The molecule has 2 aliphatic rings. The number of nitrogens with zero attached hydrogens (tertiary/aromatic N) is 2. The number of nitrogens with one attached hydrogen (secondary N) is 1. The molecule has 3 heterocycles. The Morgan fingerprint density at radius 2 is 2.00 bits per heavy atom. The molecule has 0 spiro atoms. The van der Waals surface area contributed by atoms with Gasteiger partial charge >= 0.3 is 0 Å². The summed E-state index contributed by atoms with van der Waals surface area (Å²) in [6.07, 6.45) is 0. The van der Waals surface area contributed by atoms with Crippen LogP contribution in [0.15, 0.2) is 28.6 Å². The summed E-state index contributed by atoms with van der Waals surface area (Å²) >= 11 is 1.61. The fourth-order valence-electron chi connectivity index (χ4n) is 1.66. The SMILES string of the molecule is CC(C)(C)c1nncs1.COc1cc2ccc1S(=O)(=O)N2. The third-order valence-electron chi connectivity index (χ3n) is 2.71. The molecule has 2 bridgehead atoms. The van der Waals surface area contributed by atoms with Gasteiger partial charge in [0.1, 0.15) is 21.2 Å². The molecule has 2 aromatic rings. The van der Waals surface area contributed by atoms with Gasteiger partial charge in [-0.2, -0.15) is 0 Å². The fourth-order valence-corrected chi connectivity index (χ4v) is 3.51. The maximum absolute atomic E-state index is 11.3. The van der Waals surface area contributed by atoms with Crippen molar-refractivity contribution in [3.63, 3.8) is 0 Å². The lowest BCUT2D eigenvalue weighted by atomic mass is 9.98. The maximum atomic E-state index is 11.3. The average molecular weight is 327 g/mol. The molecule has 0 fully saturated rings. The average Bonchev–Trinajstić information content (AvgIpc) is 2.92. The second-order valence-electron chi connectivity index (χ2n) is 5.47. The number of benzene rings is 1. The van der Waals surface area contributed by atoms with Crippen LogP contribution in [0.2, 0.25) is 0 Å². The van der Waals surface area contributed by atoms with E-state index in [2.05, 4.69) is 35.7 Å². The van der Waals surface area contributed by atoms with Crippen LogP contribution >= 0.6 is 11.3 Å². The van der Waals surface area contributed by atoms with Gasteiger partial charge in [-0.05, 0) is 12.1 Å². The summed E-state index contributed by atoms with van der Waals surface area (Å²) in [4.78, 5) is 0.194. The number of hydrogen-bond acceptors (Lipinski definition) is 6. The first-order chi connectivity index (χ1) is 9.74. The molecule has 1 aromatic heterocycles. The van der Waals surface area contributed by atoms with E-state index in [1.807, 2.05) is 0 Å². The summed E-state index contributed by atoms with van der Waals surface area (Å²) in [6, 6.07) is 4.87. The molecule has 1 aromatic carbocycles. The van der Waals surface area contributed by atoms with Gasteiger partial charge in [0.2, 0.25) is 0 Å². The summed E-state index contributed by atoms with van der Waals surface area (Å²) in [6.45, 7) is 6.40. The lowest BCUT2D eigenvalue weighted by Gasteiger charge is -2.18. The maximum Gasteiger partial charge on any atom is 0.265 e. The van der Waals surface area contributed by atoms with Gasteiger partial charge in [-0.25, -0.2) is 8.42 Å². The highest BCUT2D eigenvalue weighted by Crippen LogP contribution is 2.33. The summed E-state index contributed by atoms with van der Waals surface area (Å²) in [5.74, 6) is 0.395. The summed E-state index contributed by atoms with van der Waals surface area (Å²) in [7, 11) is -1.89. The van der Waals surface area contributed by atoms with E-state index in [1.165, 1.54) is 13.2 Å². The molecule has 0 aliphatic carbocycles. The molecule has 0 radical (unpaired) electrons. The Hall–Kier alpha value is -1.67. The van der Waals surface area contributed by atoms with Crippen LogP contribution in [0.4, 0.5) is 5.69 Å². The molecule has 2 aliphatic heterocycles. The van der Waals surface area contributed by atoms with Crippen LogP contribution < -0.4 is 9.46 Å². The number of fused-ring (bicyclic) bond motifs is 3. The number of hydrogen-bond donors (Lipinski definition) is 1. The first-order valence-corrected chi connectivity index (χ1v) is 8.58. The third-order valence-corrected chi connectivity index (χ3v) is 5.24. The zero-order valence-electron chi connectivity index (χ0n) is 12.2. The van der Waals surface area contributed by atoms with Crippen molar-refractivity contribution in [3.8, 4) is 5.75 Å². The standard InChI is InChI=1S/C7H7NO3S.C6H10N2S/c1-11-6-4-5-2-3-7(6)12(9,10)8-5;1-6(2,3)5-8-7-4-9-5/h2-4,8H,1H3;4H,1-3H3. The van der Waals surface area contributed by atoms with Crippen LogP contribution in [-0.2, 0) is 15.4 Å². The second kappa shape index (κ2) is 5.61. The van der Waals surface area contributed by atoms with E-state index >= 15 is 0 Å². The Balaban J connectivity index is 0.000000161. The molecule has 1 N–H and O–H groups in total. The molecule has 114 valence electrons. The van der Waals surface area contributed by atoms with E-state index in [1.54, 1.807) is 29.0 Å². The topological polar surface area (TPSA) is 81.2 Å². The van der Waals surface area contributed by atoms with E-state index in [9.17, 15) is 8.42 Å². The van der Waals surface area contributed by atoms with E-state index < -0.39 is 10.0 Å². The Kier molecular flexibility index (Phi) is 4.20. The number of anilines is 1. The molecule has 0 saturated carbocycles. The fraction of sp³-hybridized carbons (Fsp3) is 0.385. The van der Waals surface area contributed by atoms with Crippen molar-refractivity contribution < 1.29 is 13.2 Å². The van der Waals surface area contributed by atoms with E-state index in [-0.39, 0.29) is 10.3 Å². The van der Waals surface area contributed by atoms with Gasteiger partial charge in [0.15, 0.2) is 0 Å². The zero-order chi connectivity index (χ0) is 15.7. The van der Waals surface area contributed by atoms with E-state index in [4.69, 9.17) is 4.74 Å². The van der Waals surface area contributed by atoms with E-state index in [0.717, 1.165) is 5.01 Å². The second-order valence-corrected chi connectivity index (χ2v) is 7.95. The highest BCUT2D eigenvalue weighted by Gasteiger charge is 2.25. The van der Waals surface area contributed by atoms with Crippen molar-refractivity contribution in [1.29, 1.82) is 0 Å². The van der Waals surface area contributed by atoms with Crippen LogP contribution in [0.3, 0.4) is 0 Å². The minimum atomic E-state index is -3.34. The van der Waals surface area contributed by atoms with Crippen LogP contribution in [0.25, 0.3) is 0 Å². The van der Waals surface area contributed by atoms with E-state index in [0.29, 0.717) is 11.4 Å². The molecule has 4 rings (SSSR count). The lowest BCUT2D eigenvalue weighted by molar-refractivity contribution is 0.402. The Labute approximate surface area is 128 Å². The Bertz CT molecular complexity index is 720. The monoisotopic (exact) mass is 327 g/mol. The molecule has 0 atom stereocenters. The highest BCUT2D eigenvalue weighted by atomic mass is 32.2. The smallest absolute Gasteiger partial charge is 0.265 e. The first-order valence-electron chi connectivity index (χ1n) is 6.21. The van der Waals surface area contributed by atoms with Gasteiger partial charge in [-0.3, -0.25) is 4.72 Å². The number of aromatic nitrogens is 2. The first kappa shape index (κ1) is 15.7. The van der Waals surface area contributed by atoms with Crippen LogP contribution in [0.1, 0.15) is 25.8 Å². The number of sulfonamides is 1. The van der Waals surface area contributed by atoms with Gasteiger partial charge in [0.25, 0.3) is 10.0 Å². The Morgan fingerprint density at radius 1 is 1.29 bits per heavy atom. The minimum absolute atomic E-state index is 0.168. The van der Waals surface area contributed by atoms with Gasteiger partial charge < -0.3 is 4.74 Å². The predicted octanol–water partition coefficient (Wildman–Crippen LogP) is 2.65. The molecule has 21 heavy (non-hydrogen) atoms. The predicted molar refractivity (Wildman–Crippen MR) is 82.4 cm³/mol. The van der Waals surface area contributed by atoms with Crippen molar-refractivity contribution in [2.24, 2.45) is 0 Å². The molecule has 0 unspecified atom stereocenters. The molecular weight excluding hydrogens is 310 g/mol. The van der Waals surface area contributed by atoms with Crippen molar-refractivity contribution in [2.45, 2.75) is 31.1 Å². The molecule has 8 heteroatoms. The quantitative estimate of drug-likeness (QED) is 0.871. The summed E-state index contributed by atoms with van der Waals surface area (Å²) in [5, 5.41) is 8.81. The van der Waals surface area contributed by atoms with Gasteiger partial charge in [-0.1, -0.05) is 20.8 Å². The largest absolute Gasteiger partial charge is 0.495 e. The van der Waals surface area contributed by atoms with Gasteiger partial charge in [0.05, 0.1) is 12.8 Å². The third kappa shape index (κ3) is 3.51. The molecule has 0 amide bonds. The van der Waals surface area contributed by atoms with Crippen molar-refractivity contribution in [3.05, 3.63) is 28.7 Å². The lowest BCUT2D eigenvalue weighted by Crippen LogP contribution is -2.18. The molecule has 6 nitrogen and oxygen atoms in total. The van der Waals surface area contributed by atoms with Crippen molar-refractivity contribution >= 4 is 27.0 Å². The van der Waals surface area contributed by atoms with Gasteiger partial charge in [-0.15, -0.1) is 21.5 Å². The normalized spacial score (nSPS) is 14.9. The number of ether oxygens (including phenoxy) is 1. The Morgan fingerprint density at radius 3 is 2.33 bits per heavy atom. The highest BCUT2D eigenvalue weighted by molar-refractivity contribution is 7.93. The van der Waals surface area contributed by atoms with Gasteiger partial charge in [0, 0.05) is 11.5 Å². The van der Waals surface area contributed by atoms with Crippen LogP contribution in [0.5, 0.6) is 5.75 Å². The summed E-state index contributed by atoms with van der Waals surface area (Å²) in [5.41, 5.74) is 2.48. The summed E-state index contributed by atoms with van der Waals surface area (Å²) < 4.78 is 29.8. The zero-order valence-corrected chi connectivity index (χ0v) is 13.9.